The number of nitrogens with zero attached hydrogens (tertiary/aromatic N) is 3. The van der Waals surface area contributed by atoms with E-state index in [-0.39, 0.29) is 0 Å². The van der Waals surface area contributed by atoms with Crippen molar-refractivity contribution in [3.8, 4) is 0 Å². The Morgan fingerprint density at radius 2 is 2.00 bits per heavy atom. The van der Waals surface area contributed by atoms with Crippen molar-refractivity contribution in [3.63, 3.8) is 0 Å². The molecule has 0 radical (unpaired) electrons. The van der Waals surface area contributed by atoms with Crippen molar-refractivity contribution < 1.29 is 4.79 Å². The Morgan fingerprint density at radius 1 is 1.22 bits per heavy atom. The molecule has 1 aliphatic rings. The first-order chi connectivity index (χ1) is 8.76. The molecule has 3 nitrogen and oxygen atoms in total. The van der Waals surface area contributed by atoms with E-state index >= 15 is 0 Å². The van der Waals surface area contributed by atoms with Crippen molar-refractivity contribution in [1.29, 1.82) is 0 Å². The maximum absolute atomic E-state index is 8.64. The summed E-state index contributed by atoms with van der Waals surface area (Å²) in [6.45, 7) is 4.43. The average Bonchev–Trinajstić information content (AvgIpc) is 2.39. The maximum atomic E-state index is 8.64. The summed E-state index contributed by atoms with van der Waals surface area (Å²) < 4.78 is 0. The fourth-order valence-corrected chi connectivity index (χ4v) is 2.20. The zero-order chi connectivity index (χ0) is 13.2. The van der Waals surface area contributed by atoms with Gasteiger partial charge in [0.2, 0.25) is 0 Å². The number of hydrogen-bond donors (Lipinski definition) is 0. The molecule has 0 saturated heterocycles. The van der Waals surface area contributed by atoms with E-state index in [1.54, 1.807) is 0 Å². The van der Waals surface area contributed by atoms with Crippen LogP contribution in [0.15, 0.2) is 17.1 Å². The van der Waals surface area contributed by atoms with Gasteiger partial charge in [0.15, 0.2) is 0 Å². The number of aliphatic imine (C=N–C) groups is 1. The maximum Gasteiger partial charge on any atom is 0.292 e. The molecule has 0 aromatic heterocycles. The van der Waals surface area contributed by atoms with Gasteiger partial charge in [-0.25, -0.2) is 0 Å². The van der Waals surface area contributed by atoms with Crippen molar-refractivity contribution in [3.05, 3.63) is 17.7 Å². The van der Waals surface area contributed by atoms with Gasteiger partial charge in [0.05, 0.1) is 6.42 Å². The van der Waals surface area contributed by atoms with Gasteiger partial charge in [0, 0.05) is 24.3 Å². The van der Waals surface area contributed by atoms with Gasteiger partial charge in [0.1, 0.15) is 0 Å². The molecule has 0 aromatic carbocycles. The zero-order valence-corrected chi connectivity index (χ0v) is 11.7. The van der Waals surface area contributed by atoms with Crippen molar-refractivity contribution in [1.82, 2.24) is 0 Å². The second-order valence-electron chi connectivity index (χ2n) is 5.10. The molecule has 0 saturated carbocycles. The third kappa shape index (κ3) is 5.92. The summed E-state index contributed by atoms with van der Waals surface area (Å²) in [6, 6.07) is 0.416. The molecule has 1 rings (SSSR count). The first-order valence-electron chi connectivity index (χ1n) is 7.22. The highest BCUT2D eigenvalue weighted by atomic mass is 14.9. The average molecular weight is 247 g/mol. The second-order valence-corrected chi connectivity index (χ2v) is 5.10. The molecule has 0 aromatic rings. The molecule has 0 bridgehead atoms. The molecular formula is C15H25N3. The Kier molecular flexibility index (Phi) is 7.28. The first kappa shape index (κ1) is 14.8. The molecule has 0 fully saturated rings. The summed E-state index contributed by atoms with van der Waals surface area (Å²) in [7, 11) is 0. The SMILES string of the molecule is CCCCCCCC(C)N=C1C=CC(=[N+]=[N-])CC1. The van der Waals surface area contributed by atoms with Crippen molar-refractivity contribution in [2.24, 2.45) is 4.99 Å². The van der Waals surface area contributed by atoms with Gasteiger partial charge in [-0.2, -0.15) is 4.79 Å². The van der Waals surface area contributed by atoms with Crippen LogP contribution in [0, 0.1) is 0 Å². The molecule has 3 heteroatoms. The van der Waals surface area contributed by atoms with Crippen molar-refractivity contribution >= 4 is 11.4 Å². The van der Waals surface area contributed by atoms with Gasteiger partial charge in [-0.3, -0.25) is 4.99 Å². The molecule has 18 heavy (non-hydrogen) atoms. The summed E-state index contributed by atoms with van der Waals surface area (Å²) in [6.07, 6.45) is 13.4. The second kappa shape index (κ2) is 8.82. The molecule has 1 atom stereocenters. The van der Waals surface area contributed by atoms with E-state index in [9.17, 15) is 0 Å². The van der Waals surface area contributed by atoms with Crippen LogP contribution in [0.4, 0.5) is 0 Å². The molecule has 1 aliphatic carbocycles. The van der Waals surface area contributed by atoms with E-state index in [0.717, 1.165) is 24.3 Å². The lowest BCUT2D eigenvalue weighted by Crippen LogP contribution is -2.11. The summed E-state index contributed by atoms with van der Waals surface area (Å²) in [4.78, 5) is 7.93. The lowest BCUT2D eigenvalue weighted by molar-refractivity contribution is -0.00621. The molecule has 0 spiro atoms. The number of rotatable bonds is 7. The van der Waals surface area contributed by atoms with E-state index in [2.05, 4.69) is 18.6 Å². The summed E-state index contributed by atoms with van der Waals surface area (Å²) in [5.74, 6) is 0. The molecule has 100 valence electrons. The highest BCUT2D eigenvalue weighted by Gasteiger charge is 2.12. The largest absolute Gasteiger partial charge is 0.361 e. The van der Waals surface area contributed by atoms with Gasteiger partial charge in [-0.1, -0.05) is 39.0 Å². The van der Waals surface area contributed by atoms with Crippen LogP contribution in [0.25, 0.3) is 5.53 Å². The monoisotopic (exact) mass is 247 g/mol. The van der Waals surface area contributed by atoms with Crippen LogP contribution < -0.4 is 0 Å². The van der Waals surface area contributed by atoms with E-state index < -0.39 is 0 Å². The highest BCUT2D eigenvalue weighted by molar-refractivity contribution is 6.07. The third-order valence-corrected chi connectivity index (χ3v) is 3.35. The lowest BCUT2D eigenvalue weighted by Gasteiger charge is -2.10. The van der Waals surface area contributed by atoms with Gasteiger partial charge in [-0.15, -0.1) is 0 Å². The van der Waals surface area contributed by atoms with Crippen LogP contribution in [0.1, 0.15) is 65.2 Å². The minimum absolute atomic E-state index is 0.416. The van der Waals surface area contributed by atoms with Crippen LogP contribution in [-0.4, -0.2) is 22.3 Å². The summed E-state index contributed by atoms with van der Waals surface area (Å²) in [5, 5.41) is 0. The molecule has 0 N–H and O–H groups in total. The van der Waals surface area contributed by atoms with Crippen molar-refractivity contribution in [2.45, 2.75) is 71.3 Å². The van der Waals surface area contributed by atoms with Crippen molar-refractivity contribution in [2.75, 3.05) is 0 Å². The Labute approximate surface area is 111 Å². The molecule has 0 aliphatic heterocycles. The summed E-state index contributed by atoms with van der Waals surface area (Å²) in [5.41, 5.74) is 10.5. The van der Waals surface area contributed by atoms with E-state index in [4.69, 9.17) is 10.5 Å². The first-order valence-corrected chi connectivity index (χ1v) is 7.22. The van der Waals surface area contributed by atoms with E-state index in [0.29, 0.717) is 6.04 Å². The molecule has 0 heterocycles. The third-order valence-electron chi connectivity index (χ3n) is 3.35. The summed E-state index contributed by atoms with van der Waals surface area (Å²) >= 11 is 0. The van der Waals surface area contributed by atoms with Gasteiger partial charge >= 0.3 is 0 Å². The van der Waals surface area contributed by atoms with Crippen LogP contribution in [0.3, 0.4) is 0 Å². The predicted molar refractivity (Wildman–Crippen MR) is 77.3 cm³/mol. The Balaban J connectivity index is 2.27. The fourth-order valence-electron chi connectivity index (χ4n) is 2.20. The van der Waals surface area contributed by atoms with Crippen LogP contribution >= 0.6 is 0 Å². The zero-order valence-electron chi connectivity index (χ0n) is 11.7. The minimum Gasteiger partial charge on any atom is -0.361 e. The topological polar surface area (TPSA) is 48.8 Å². The Bertz CT molecular complexity index is 349. The van der Waals surface area contributed by atoms with Crippen LogP contribution in [0.5, 0.6) is 0 Å². The van der Waals surface area contributed by atoms with E-state index in [1.807, 2.05) is 12.2 Å². The van der Waals surface area contributed by atoms with Crippen LogP contribution in [-0.2, 0) is 0 Å². The quantitative estimate of drug-likeness (QED) is 0.368. The highest BCUT2D eigenvalue weighted by Crippen LogP contribution is 2.12. The standard InChI is InChI=1S/C15H25N3/c1-3-4-5-6-7-8-13(2)17-14-9-11-15(18-16)12-10-14/h9,11,13H,3-8,10,12H2,1-2H3. The predicted octanol–water partition coefficient (Wildman–Crippen LogP) is 4.20. The number of hydrogen-bond acceptors (Lipinski definition) is 1. The Hall–Kier alpha value is -1.21. The molecule has 1 unspecified atom stereocenters. The number of allylic oxidation sites excluding steroid dienone is 2. The smallest absolute Gasteiger partial charge is 0.292 e. The van der Waals surface area contributed by atoms with E-state index in [1.165, 1.54) is 38.5 Å². The number of unbranched alkanes of at least 4 members (excludes halogenated alkanes) is 4. The lowest BCUT2D eigenvalue weighted by atomic mass is 10.0. The molecule has 0 amide bonds. The minimum atomic E-state index is 0.416. The van der Waals surface area contributed by atoms with Gasteiger partial charge in [0.25, 0.3) is 5.71 Å². The normalized spacial score (nSPS) is 19.0. The Morgan fingerprint density at radius 3 is 2.61 bits per heavy atom. The van der Waals surface area contributed by atoms with Gasteiger partial charge < -0.3 is 5.53 Å². The van der Waals surface area contributed by atoms with Crippen LogP contribution in [0.2, 0.25) is 0 Å². The fraction of sp³-hybridized carbons (Fsp3) is 0.733. The molecular weight excluding hydrogens is 222 g/mol. The van der Waals surface area contributed by atoms with Gasteiger partial charge in [-0.05, 0) is 19.4 Å².